The second kappa shape index (κ2) is 22.6. The van der Waals surface area contributed by atoms with Crippen molar-refractivity contribution >= 4 is 0 Å². The highest BCUT2D eigenvalue weighted by atomic mass is 16.6. The minimum absolute atomic E-state index is 0.343. The molecule has 0 spiro atoms. The summed E-state index contributed by atoms with van der Waals surface area (Å²) in [6.07, 6.45) is 1.37. The molecule has 4 aromatic carbocycles. The van der Waals surface area contributed by atoms with Gasteiger partial charge >= 0.3 is 0 Å². The maximum Gasteiger partial charge on any atom is 0.119 e. The van der Waals surface area contributed by atoms with Crippen LogP contribution in [0.15, 0.2) is 121 Å². The van der Waals surface area contributed by atoms with Crippen molar-refractivity contribution in [1.29, 1.82) is 0 Å². The van der Waals surface area contributed by atoms with Gasteiger partial charge in [-0.3, -0.25) is 0 Å². The molecule has 4 heterocycles. The normalized spacial score (nSPS) is 20.0. The van der Waals surface area contributed by atoms with E-state index in [1.165, 1.54) is 0 Å². The molecule has 4 atom stereocenters. The van der Waals surface area contributed by atoms with E-state index in [0.29, 0.717) is 50.8 Å². The summed E-state index contributed by atoms with van der Waals surface area (Å²) < 4.78 is 41.6. The fraction of sp³-hybridized carbons (Fsp3) is 0.429. The Labute approximate surface area is 298 Å². The predicted octanol–water partition coefficient (Wildman–Crippen LogP) is 8.16. The van der Waals surface area contributed by atoms with Crippen molar-refractivity contribution < 1.29 is 37.9 Å². The van der Waals surface area contributed by atoms with Crippen molar-refractivity contribution in [2.75, 3.05) is 52.9 Å². The van der Waals surface area contributed by atoms with Crippen LogP contribution < -0.4 is 18.9 Å². The van der Waals surface area contributed by atoms with E-state index in [1.807, 2.05) is 121 Å². The molecule has 4 fully saturated rings. The lowest BCUT2D eigenvalue weighted by molar-refractivity contribution is 0.263. The van der Waals surface area contributed by atoms with Gasteiger partial charge in [0.15, 0.2) is 0 Å². The number of hydrogen-bond donors (Lipinski definition) is 0. The Morgan fingerprint density at radius 3 is 0.700 bits per heavy atom. The summed E-state index contributed by atoms with van der Waals surface area (Å²) >= 11 is 0. The average Bonchev–Trinajstić information content (AvgIpc) is 3.96. The van der Waals surface area contributed by atoms with Gasteiger partial charge in [-0.25, -0.2) is 0 Å². The van der Waals surface area contributed by atoms with Crippen LogP contribution in [0.2, 0.25) is 0 Å². The monoisotopic (exact) mass is 686 g/mol. The average molecular weight is 687 g/mol. The third-order valence-electron chi connectivity index (χ3n) is 7.66. The van der Waals surface area contributed by atoms with Gasteiger partial charge in [0.2, 0.25) is 0 Å². The summed E-state index contributed by atoms with van der Waals surface area (Å²) in [5.74, 6) is 5.38. The van der Waals surface area contributed by atoms with Crippen molar-refractivity contribution in [3.8, 4) is 23.0 Å². The van der Waals surface area contributed by atoms with Gasteiger partial charge in [-0.2, -0.15) is 0 Å². The molecule has 4 aromatic rings. The van der Waals surface area contributed by atoms with Gasteiger partial charge in [0, 0.05) is 0 Å². The van der Waals surface area contributed by atoms with E-state index in [2.05, 4.69) is 27.7 Å². The van der Waals surface area contributed by atoms with Crippen LogP contribution in [0.3, 0.4) is 0 Å². The van der Waals surface area contributed by atoms with Crippen molar-refractivity contribution in [3.63, 3.8) is 0 Å². The lowest BCUT2D eigenvalue weighted by Gasteiger charge is -2.05. The van der Waals surface area contributed by atoms with E-state index >= 15 is 0 Å². The standard InChI is InChI=1S/4C9H10O2.C6H14/c4*1-2-4-8(5-3-1)10-6-9-7-11-9;1-5(2)6(3)4/h4*1-5,9H,6-7H2;5-6H,1-4H3. The number of ether oxygens (including phenoxy) is 8. The molecule has 0 N–H and O–H groups in total. The number of rotatable bonds is 13. The first-order valence-electron chi connectivity index (χ1n) is 17.6. The van der Waals surface area contributed by atoms with Gasteiger partial charge in [-0.15, -0.1) is 0 Å². The fourth-order valence-electron chi connectivity index (χ4n) is 3.48. The van der Waals surface area contributed by atoms with Gasteiger partial charge in [0.25, 0.3) is 0 Å². The molecule has 0 saturated carbocycles. The second-order valence-electron chi connectivity index (χ2n) is 12.8. The maximum atomic E-state index is 5.40. The summed E-state index contributed by atoms with van der Waals surface area (Å²) in [5.41, 5.74) is 0. The number of epoxide rings is 4. The summed E-state index contributed by atoms with van der Waals surface area (Å²) in [6.45, 7) is 15.1. The molecule has 4 unspecified atom stereocenters. The zero-order valence-corrected chi connectivity index (χ0v) is 29.9. The molecule has 4 aliphatic heterocycles. The molecular weight excluding hydrogens is 632 g/mol. The minimum atomic E-state index is 0.343. The van der Waals surface area contributed by atoms with Gasteiger partial charge in [0.05, 0.1) is 26.4 Å². The Hall–Kier alpha value is -4.08. The molecule has 8 heteroatoms. The highest BCUT2D eigenvalue weighted by Crippen LogP contribution is 2.16. The van der Waals surface area contributed by atoms with Gasteiger partial charge in [-0.1, -0.05) is 100 Å². The molecule has 0 aromatic heterocycles. The molecule has 50 heavy (non-hydrogen) atoms. The van der Waals surface area contributed by atoms with E-state index in [9.17, 15) is 0 Å². The van der Waals surface area contributed by atoms with E-state index in [1.54, 1.807) is 0 Å². The first kappa shape index (κ1) is 38.7. The maximum absolute atomic E-state index is 5.40. The van der Waals surface area contributed by atoms with E-state index in [0.717, 1.165) is 61.3 Å². The van der Waals surface area contributed by atoms with Crippen LogP contribution in [0.4, 0.5) is 0 Å². The third kappa shape index (κ3) is 19.8. The highest BCUT2D eigenvalue weighted by Gasteiger charge is 2.24. The number of benzene rings is 4. The second-order valence-corrected chi connectivity index (χ2v) is 12.8. The Balaban J connectivity index is 0.000000143. The van der Waals surface area contributed by atoms with Crippen LogP contribution in [0.25, 0.3) is 0 Å². The first-order chi connectivity index (χ1) is 24.4. The molecule has 8 rings (SSSR count). The Kier molecular flexibility index (Phi) is 17.5. The molecule has 270 valence electrons. The lowest BCUT2D eigenvalue weighted by atomic mass is 10.0. The Bertz CT molecular complexity index is 1160. The van der Waals surface area contributed by atoms with Gasteiger partial charge in [0.1, 0.15) is 73.8 Å². The smallest absolute Gasteiger partial charge is 0.119 e. The van der Waals surface area contributed by atoms with E-state index < -0.39 is 0 Å². The van der Waals surface area contributed by atoms with Crippen LogP contribution >= 0.6 is 0 Å². The highest BCUT2D eigenvalue weighted by molar-refractivity contribution is 5.23. The molecule has 0 bridgehead atoms. The Morgan fingerprint density at radius 2 is 0.560 bits per heavy atom. The lowest BCUT2D eigenvalue weighted by Crippen LogP contribution is -2.03. The van der Waals surface area contributed by atoms with Crippen LogP contribution in [-0.2, 0) is 18.9 Å². The zero-order chi connectivity index (χ0) is 35.2. The van der Waals surface area contributed by atoms with Crippen LogP contribution in [0.1, 0.15) is 27.7 Å². The molecule has 0 radical (unpaired) electrons. The zero-order valence-electron chi connectivity index (χ0n) is 29.9. The summed E-state index contributed by atoms with van der Waals surface area (Å²) in [7, 11) is 0. The molecule has 4 aliphatic rings. The van der Waals surface area contributed by atoms with Gasteiger partial charge in [-0.05, 0) is 60.4 Å². The summed E-state index contributed by atoms with van der Waals surface area (Å²) in [5, 5.41) is 0. The van der Waals surface area contributed by atoms with Crippen molar-refractivity contribution in [2.24, 2.45) is 11.8 Å². The molecular formula is C42H54O8. The first-order valence-corrected chi connectivity index (χ1v) is 17.6. The van der Waals surface area contributed by atoms with E-state index in [4.69, 9.17) is 37.9 Å². The summed E-state index contributed by atoms with van der Waals surface area (Å²) in [6, 6.07) is 39.2. The van der Waals surface area contributed by atoms with Crippen LogP contribution in [0, 0.1) is 11.8 Å². The van der Waals surface area contributed by atoms with E-state index in [-0.39, 0.29) is 0 Å². The minimum Gasteiger partial charge on any atom is -0.491 e. The van der Waals surface area contributed by atoms with Gasteiger partial charge < -0.3 is 37.9 Å². The molecule has 0 aliphatic carbocycles. The molecule has 4 saturated heterocycles. The number of para-hydroxylation sites is 4. The topological polar surface area (TPSA) is 87.0 Å². The Morgan fingerprint density at radius 1 is 0.380 bits per heavy atom. The quantitative estimate of drug-likeness (QED) is 0.130. The molecule has 0 amide bonds. The number of hydrogen-bond acceptors (Lipinski definition) is 8. The van der Waals surface area contributed by atoms with Crippen LogP contribution in [0.5, 0.6) is 23.0 Å². The third-order valence-corrected chi connectivity index (χ3v) is 7.66. The SMILES string of the molecule is CC(C)C(C)C.c1ccc(OCC2CO2)cc1.c1ccc(OCC2CO2)cc1.c1ccc(OCC2CO2)cc1.c1ccc(OCC2CO2)cc1. The fourth-order valence-corrected chi connectivity index (χ4v) is 3.48. The molecule has 8 nitrogen and oxygen atoms in total. The van der Waals surface area contributed by atoms with Crippen LogP contribution in [-0.4, -0.2) is 77.3 Å². The van der Waals surface area contributed by atoms with Crippen molar-refractivity contribution in [1.82, 2.24) is 0 Å². The largest absolute Gasteiger partial charge is 0.491 e. The van der Waals surface area contributed by atoms with Crippen molar-refractivity contribution in [2.45, 2.75) is 52.1 Å². The predicted molar refractivity (Wildman–Crippen MR) is 196 cm³/mol. The van der Waals surface area contributed by atoms with Crippen molar-refractivity contribution in [3.05, 3.63) is 121 Å². The summed E-state index contributed by atoms with van der Waals surface area (Å²) in [4.78, 5) is 0.